The maximum absolute atomic E-state index is 9.71. The molecule has 0 saturated carbocycles. The van der Waals surface area contributed by atoms with E-state index in [-0.39, 0.29) is 12.2 Å². The minimum absolute atomic E-state index is 0.125. The maximum atomic E-state index is 9.71. The summed E-state index contributed by atoms with van der Waals surface area (Å²) in [7, 11) is 1.64. The summed E-state index contributed by atoms with van der Waals surface area (Å²) < 4.78 is 10.5. The van der Waals surface area contributed by atoms with Crippen LogP contribution in [0.5, 0.6) is 0 Å². The molecular formula is C17H32O3. The third-order valence-electron chi connectivity index (χ3n) is 3.10. The van der Waals surface area contributed by atoms with Crippen molar-refractivity contribution in [2.75, 3.05) is 13.9 Å². The monoisotopic (exact) mass is 284 g/mol. The molecule has 0 aliphatic heterocycles. The average Bonchev–Trinajstić information content (AvgIpc) is 2.45. The van der Waals surface area contributed by atoms with Crippen LogP contribution in [0.1, 0.15) is 58.8 Å². The molecular weight excluding hydrogens is 252 g/mol. The second-order valence-electron chi connectivity index (χ2n) is 5.09. The van der Waals surface area contributed by atoms with Gasteiger partial charge in [-0.15, -0.1) is 0 Å². The quantitative estimate of drug-likeness (QED) is 0.406. The van der Waals surface area contributed by atoms with Crippen LogP contribution in [0.4, 0.5) is 0 Å². The number of ether oxygens (including phenoxy) is 2. The number of allylic oxidation sites excluding steroid dienone is 3. The lowest BCUT2D eigenvalue weighted by atomic mass is 10.1. The summed E-state index contributed by atoms with van der Waals surface area (Å²) in [5.41, 5.74) is 0. The molecule has 0 radical (unpaired) electrons. The van der Waals surface area contributed by atoms with E-state index < -0.39 is 0 Å². The van der Waals surface area contributed by atoms with Crippen LogP contribution in [0, 0.1) is 0 Å². The Balaban J connectivity index is 3.80. The van der Waals surface area contributed by atoms with Crippen LogP contribution in [-0.4, -0.2) is 31.2 Å². The number of aliphatic hydroxyl groups excluding tert-OH is 1. The first-order valence-corrected chi connectivity index (χ1v) is 7.86. The Morgan fingerprint density at radius 1 is 1.05 bits per heavy atom. The first-order chi connectivity index (χ1) is 9.74. The van der Waals surface area contributed by atoms with Crippen molar-refractivity contribution < 1.29 is 14.6 Å². The highest BCUT2D eigenvalue weighted by Gasteiger charge is 2.02. The molecule has 3 nitrogen and oxygen atoms in total. The third-order valence-corrected chi connectivity index (χ3v) is 3.10. The normalized spacial score (nSPS) is 15.2. The summed E-state index contributed by atoms with van der Waals surface area (Å²) in [6.45, 7) is 4.63. The van der Waals surface area contributed by atoms with Gasteiger partial charge in [0.05, 0.1) is 12.2 Å². The molecule has 0 aromatic carbocycles. The zero-order chi connectivity index (χ0) is 15.1. The molecule has 0 heterocycles. The van der Waals surface area contributed by atoms with E-state index in [1.54, 1.807) is 7.11 Å². The minimum atomic E-state index is -0.151. The first-order valence-electron chi connectivity index (χ1n) is 7.86. The summed E-state index contributed by atoms with van der Waals surface area (Å²) >= 11 is 0. The van der Waals surface area contributed by atoms with Gasteiger partial charge in [-0.2, -0.15) is 0 Å². The highest BCUT2D eigenvalue weighted by Crippen LogP contribution is 2.07. The molecule has 0 amide bonds. The number of aliphatic hydroxyl groups is 1. The van der Waals surface area contributed by atoms with E-state index in [9.17, 15) is 5.11 Å². The molecule has 0 aliphatic rings. The van der Waals surface area contributed by atoms with Gasteiger partial charge in [-0.3, -0.25) is 0 Å². The van der Waals surface area contributed by atoms with Crippen molar-refractivity contribution in [3.8, 4) is 0 Å². The average molecular weight is 284 g/mol. The summed E-state index contributed by atoms with van der Waals surface area (Å²) in [6.07, 6.45) is 15.2. The van der Waals surface area contributed by atoms with Gasteiger partial charge in [-0.1, -0.05) is 57.4 Å². The van der Waals surface area contributed by atoms with E-state index in [0.717, 1.165) is 44.9 Å². The fraction of sp³-hybridized carbons (Fsp3) is 0.765. The van der Waals surface area contributed by atoms with E-state index >= 15 is 0 Å². The highest BCUT2D eigenvalue weighted by molar-refractivity contribution is 5.05. The zero-order valence-corrected chi connectivity index (χ0v) is 13.4. The van der Waals surface area contributed by atoms with Crippen molar-refractivity contribution in [2.45, 2.75) is 71.0 Å². The van der Waals surface area contributed by atoms with Crippen LogP contribution >= 0.6 is 0 Å². The van der Waals surface area contributed by atoms with E-state index in [1.807, 2.05) is 12.2 Å². The van der Waals surface area contributed by atoms with Gasteiger partial charge in [-0.25, -0.2) is 0 Å². The third kappa shape index (κ3) is 12.4. The van der Waals surface area contributed by atoms with Gasteiger partial charge >= 0.3 is 0 Å². The molecule has 20 heavy (non-hydrogen) atoms. The molecule has 118 valence electrons. The van der Waals surface area contributed by atoms with Gasteiger partial charge in [0.2, 0.25) is 0 Å². The molecule has 0 bridgehead atoms. The van der Waals surface area contributed by atoms with Crippen molar-refractivity contribution >= 4 is 0 Å². The van der Waals surface area contributed by atoms with E-state index in [4.69, 9.17) is 9.47 Å². The van der Waals surface area contributed by atoms with Crippen LogP contribution in [0.25, 0.3) is 0 Å². The lowest BCUT2D eigenvalue weighted by Gasteiger charge is -2.11. The van der Waals surface area contributed by atoms with E-state index in [2.05, 4.69) is 26.0 Å². The van der Waals surface area contributed by atoms with Crippen molar-refractivity contribution in [3.05, 3.63) is 24.3 Å². The summed E-state index contributed by atoms with van der Waals surface area (Å²) in [4.78, 5) is 0. The number of rotatable bonds is 13. The Bertz CT molecular complexity index is 249. The molecule has 3 heteroatoms. The lowest BCUT2D eigenvalue weighted by molar-refractivity contribution is -0.0575. The molecule has 0 aromatic rings. The Kier molecular flexibility index (Phi) is 14.3. The molecule has 1 N–H and O–H groups in total. The number of unbranched alkanes of at least 4 members (excludes halogenated alkanes) is 1. The number of hydrogen-bond donors (Lipinski definition) is 1. The highest BCUT2D eigenvalue weighted by atomic mass is 16.7. The number of methoxy groups -OCH3 is 1. The Morgan fingerprint density at radius 3 is 2.50 bits per heavy atom. The van der Waals surface area contributed by atoms with Gasteiger partial charge in [-0.05, 0) is 25.7 Å². The van der Waals surface area contributed by atoms with Crippen LogP contribution < -0.4 is 0 Å². The Labute approximate surface area is 124 Å². The molecule has 0 spiro atoms. The molecule has 2 unspecified atom stereocenters. The van der Waals surface area contributed by atoms with E-state index in [1.165, 1.54) is 0 Å². The lowest BCUT2D eigenvalue weighted by Crippen LogP contribution is -2.11. The molecule has 0 rings (SSSR count). The smallest absolute Gasteiger partial charge is 0.147 e. The van der Waals surface area contributed by atoms with E-state index in [0.29, 0.717) is 6.79 Å². The van der Waals surface area contributed by atoms with Gasteiger partial charge in [0.25, 0.3) is 0 Å². The summed E-state index contributed by atoms with van der Waals surface area (Å²) in [5, 5.41) is 9.71. The maximum Gasteiger partial charge on any atom is 0.147 e. The molecule has 0 fully saturated rings. The summed E-state index contributed by atoms with van der Waals surface area (Å²) in [6, 6.07) is 0. The van der Waals surface area contributed by atoms with Gasteiger partial charge in [0.15, 0.2) is 0 Å². The van der Waals surface area contributed by atoms with Gasteiger partial charge in [0.1, 0.15) is 6.79 Å². The van der Waals surface area contributed by atoms with Gasteiger partial charge < -0.3 is 14.6 Å². The zero-order valence-electron chi connectivity index (χ0n) is 13.4. The second kappa shape index (κ2) is 14.8. The summed E-state index contributed by atoms with van der Waals surface area (Å²) in [5.74, 6) is 0. The molecule has 2 atom stereocenters. The number of hydrogen-bond acceptors (Lipinski definition) is 3. The second-order valence-corrected chi connectivity index (χ2v) is 5.09. The minimum Gasteiger partial charge on any atom is -0.393 e. The Morgan fingerprint density at radius 2 is 1.85 bits per heavy atom. The standard InChI is InChI=1S/C17H32O3/c1-4-6-12-16(18)13-9-7-8-10-14-17(11-5-2)20-15-19-3/h7-8,10,14,16-18H,4-6,9,11-13,15H2,1-3H3/b8-7+,14-10+. The SMILES string of the molecule is CCCCC(O)CC/C=C/C=C/C(CCC)OCOC. The van der Waals surface area contributed by atoms with Crippen LogP contribution in [0.3, 0.4) is 0 Å². The van der Waals surface area contributed by atoms with Crippen molar-refractivity contribution in [3.63, 3.8) is 0 Å². The molecule has 0 aromatic heterocycles. The van der Waals surface area contributed by atoms with Gasteiger partial charge in [0, 0.05) is 7.11 Å². The van der Waals surface area contributed by atoms with Crippen molar-refractivity contribution in [1.82, 2.24) is 0 Å². The van der Waals surface area contributed by atoms with Crippen LogP contribution in [0.15, 0.2) is 24.3 Å². The molecule has 0 saturated heterocycles. The van der Waals surface area contributed by atoms with Crippen LogP contribution in [-0.2, 0) is 9.47 Å². The fourth-order valence-corrected chi connectivity index (χ4v) is 1.91. The topological polar surface area (TPSA) is 38.7 Å². The largest absolute Gasteiger partial charge is 0.393 e. The predicted molar refractivity (Wildman–Crippen MR) is 84.7 cm³/mol. The first kappa shape index (κ1) is 19.4. The van der Waals surface area contributed by atoms with Crippen molar-refractivity contribution in [1.29, 1.82) is 0 Å². The predicted octanol–water partition coefficient (Wildman–Crippen LogP) is 4.22. The van der Waals surface area contributed by atoms with Crippen LogP contribution in [0.2, 0.25) is 0 Å². The fourth-order valence-electron chi connectivity index (χ4n) is 1.91. The molecule has 0 aliphatic carbocycles. The van der Waals surface area contributed by atoms with Crippen molar-refractivity contribution in [2.24, 2.45) is 0 Å². The Hall–Kier alpha value is -0.640.